The number of benzene rings is 2. The van der Waals surface area contributed by atoms with Crippen molar-refractivity contribution in [2.45, 2.75) is 11.6 Å². The molecule has 2 heterocycles. The van der Waals surface area contributed by atoms with Crippen LogP contribution in [0.15, 0.2) is 67.7 Å². The van der Waals surface area contributed by atoms with E-state index in [1.807, 2.05) is 42.5 Å². The molecule has 0 unspecified atom stereocenters. The van der Waals surface area contributed by atoms with Gasteiger partial charge in [-0.25, -0.2) is 4.79 Å². The van der Waals surface area contributed by atoms with E-state index in [9.17, 15) is 18.0 Å². The van der Waals surface area contributed by atoms with Crippen LogP contribution in [0, 0.1) is 0 Å². The van der Waals surface area contributed by atoms with E-state index in [-0.39, 0.29) is 17.5 Å². The van der Waals surface area contributed by atoms with Gasteiger partial charge in [-0.15, -0.1) is 0 Å². The number of aromatic nitrogens is 2. The zero-order valence-corrected chi connectivity index (χ0v) is 15.4. The Morgan fingerprint density at radius 2 is 1.82 bits per heavy atom. The number of hydrogen-bond donors (Lipinski definition) is 1. The van der Waals surface area contributed by atoms with Gasteiger partial charge < -0.3 is 4.42 Å². The third-order valence-corrected chi connectivity index (χ3v) is 5.50. The maximum absolute atomic E-state index is 12.6. The molecule has 2 aromatic heterocycles. The Labute approximate surface area is 158 Å². The van der Waals surface area contributed by atoms with Crippen LogP contribution in [0.3, 0.4) is 0 Å². The second-order valence-electron chi connectivity index (χ2n) is 6.08. The molecule has 8 nitrogen and oxygen atoms in total. The highest BCUT2D eigenvalue weighted by atomic mass is 32.2. The van der Waals surface area contributed by atoms with E-state index >= 15 is 0 Å². The molecular formula is C19H14N2O6S. The molecule has 9 heteroatoms. The highest BCUT2D eigenvalue weighted by Crippen LogP contribution is 2.23. The Hall–Kier alpha value is -3.30. The Morgan fingerprint density at radius 1 is 1.07 bits per heavy atom. The van der Waals surface area contributed by atoms with Crippen molar-refractivity contribution in [1.29, 1.82) is 0 Å². The first-order valence-electron chi connectivity index (χ1n) is 8.23. The molecule has 4 aromatic rings. The van der Waals surface area contributed by atoms with E-state index in [1.165, 1.54) is 6.07 Å². The summed E-state index contributed by atoms with van der Waals surface area (Å²) in [7, 11) is -3.32. The predicted octanol–water partition coefficient (Wildman–Crippen LogP) is 1.96. The first-order chi connectivity index (χ1) is 13.4. The average molecular weight is 398 g/mol. The SMILES string of the molecule is COS(=O)(=O)c1nc2oc(=O)cc(Cc3cccc4ccccc34)c2c(=O)[nH]1. The van der Waals surface area contributed by atoms with Crippen LogP contribution in [0.5, 0.6) is 0 Å². The molecule has 1 N–H and O–H groups in total. The molecular weight excluding hydrogens is 384 g/mol. The maximum atomic E-state index is 12.6. The second kappa shape index (κ2) is 6.70. The molecule has 0 amide bonds. The summed E-state index contributed by atoms with van der Waals surface area (Å²) in [6.45, 7) is 0. The van der Waals surface area contributed by atoms with Crippen molar-refractivity contribution >= 4 is 32.0 Å². The highest BCUT2D eigenvalue weighted by molar-refractivity contribution is 7.86. The van der Waals surface area contributed by atoms with Gasteiger partial charge in [-0.05, 0) is 28.3 Å². The van der Waals surface area contributed by atoms with Gasteiger partial charge in [0, 0.05) is 6.07 Å². The quantitative estimate of drug-likeness (QED) is 0.412. The Morgan fingerprint density at radius 3 is 2.61 bits per heavy atom. The molecule has 4 rings (SSSR count). The van der Waals surface area contributed by atoms with E-state index in [4.69, 9.17) is 4.42 Å². The average Bonchev–Trinajstić information content (AvgIpc) is 2.67. The number of aromatic amines is 1. The third kappa shape index (κ3) is 3.10. The fourth-order valence-electron chi connectivity index (χ4n) is 3.12. The first-order valence-corrected chi connectivity index (χ1v) is 9.64. The molecule has 0 saturated carbocycles. The lowest BCUT2D eigenvalue weighted by molar-refractivity contribution is 0.391. The van der Waals surface area contributed by atoms with Gasteiger partial charge in [-0.1, -0.05) is 42.5 Å². The van der Waals surface area contributed by atoms with Gasteiger partial charge in [0.1, 0.15) is 5.39 Å². The minimum atomic E-state index is -4.25. The van der Waals surface area contributed by atoms with Crippen molar-refractivity contribution < 1.29 is 17.0 Å². The monoisotopic (exact) mass is 398 g/mol. The lowest BCUT2D eigenvalue weighted by atomic mass is 9.98. The summed E-state index contributed by atoms with van der Waals surface area (Å²) in [6.07, 6.45) is 0.268. The summed E-state index contributed by atoms with van der Waals surface area (Å²) in [5.74, 6) is 0. The normalized spacial score (nSPS) is 11.9. The van der Waals surface area contributed by atoms with Gasteiger partial charge in [0.25, 0.3) is 10.7 Å². The molecule has 2 aromatic carbocycles. The molecule has 0 aliphatic rings. The minimum absolute atomic E-state index is 0.0163. The van der Waals surface area contributed by atoms with Crippen LogP contribution in [-0.2, 0) is 20.7 Å². The number of nitrogens with zero attached hydrogens (tertiary/aromatic N) is 1. The lowest BCUT2D eigenvalue weighted by Gasteiger charge is -2.09. The number of rotatable bonds is 4. The molecule has 28 heavy (non-hydrogen) atoms. The van der Waals surface area contributed by atoms with Gasteiger partial charge in [0.15, 0.2) is 0 Å². The van der Waals surface area contributed by atoms with Crippen molar-refractivity contribution in [2.75, 3.05) is 7.11 Å². The van der Waals surface area contributed by atoms with E-state index in [2.05, 4.69) is 14.2 Å². The zero-order valence-electron chi connectivity index (χ0n) is 14.6. The van der Waals surface area contributed by atoms with Crippen LogP contribution < -0.4 is 11.2 Å². The molecule has 0 spiro atoms. The predicted molar refractivity (Wildman–Crippen MR) is 102 cm³/mol. The molecule has 0 radical (unpaired) electrons. The number of nitrogens with one attached hydrogen (secondary N) is 1. The van der Waals surface area contributed by atoms with Crippen molar-refractivity contribution in [1.82, 2.24) is 9.97 Å². The van der Waals surface area contributed by atoms with Crippen LogP contribution in [-0.4, -0.2) is 25.5 Å². The second-order valence-corrected chi connectivity index (χ2v) is 7.71. The number of H-pyrrole nitrogens is 1. The summed E-state index contributed by atoms with van der Waals surface area (Å²) in [5, 5.41) is 1.29. The van der Waals surface area contributed by atoms with Crippen molar-refractivity contribution in [3.05, 3.63) is 80.4 Å². The van der Waals surface area contributed by atoms with Gasteiger partial charge in [-0.3, -0.25) is 14.0 Å². The van der Waals surface area contributed by atoms with Gasteiger partial charge in [0.05, 0.1) is 7.11 Å². The van der Waals surface area contributed by atoms with Crippen LogP contribution >= 0.6 is 0 Å². The molecule has 0 saturated heterocycles. The van der Waals surface area contributed by atoms with Crippen LogP contribution in [0.25, 0.3) is 21.9 Å². The van der Waals surface area contributed by atoms with Gasteiger partial charge in [-0.2, -0.15) is 13.4 Å². The van der Waals surface area contributed by atoms with E-state index in [0.717, 1.165) is 23.4 Å². The fraction of sp³-hybridized carbons (Fsp3) is 0.105. The molecule has 142 valence electrons. The highest BCUT2D eigenvalue weighted by Gasteiger charge is 2.21. The van der Waals surface area contributed by atoms with Gasteiger partial charge >= 0.3 is 15.7 Å². The van der Waals surface area contributed by atoms with Crippen LogP contribution in [0.2, 0.25) is 0 Å². The van der Waals surface area contributed by atoms with Gasteiger partial charge in [0.2, 0.25) is 5.71 Å². The molecule has 0 bridgehead atoms. The first kappa shape index (κ1) is 18.1. The third-order valence-electron chi connectivity index (χ3n) is 4.39. The molecule has 0 fully saturated rings. The summed E-state index contributed by atoms with van der Waals surface area (Å²) in [4.78, 5) is 30.5. The Balaban J connectivity index is 1.95. The summed E-state index contributed by atoms with van der Waals surface area (Å²) < 4.78 is 33.0. The van der Waals surface area contributed by atoms with Crippen molar-refractivity contribution in [2.24, 2.45) is 0 Å². The summed E-state index contributed by atoms with van der Waals surface area (Å²) in [5.41, 5.74) is -0.543. The topological polar surface area (TPSA) is 119 Å². The van der Waals surface area contributed by atoms with Crippen molar-refractivity contribution in [3.8, 4) is 0 Å². The summed E-state index contributed by atoms with van der Waals surface area (Å²) >= 11 is 0. The maximum Gasteiger partial charge on any atom is 0.337 e. The Kier molecular flexibility index (Phi) is 4.33. The molecule has 0 atom stereocenters. The summed E-state index contributed by atoms with van der Waals surface area (Å²) in [6, 6.07) is 14.7. The zero-order chi connectivity index (χ0) is 19.9. The van der Waals surface area contributed by atoms with E-state index < -0.39 is 26.5 Å². The largest absolute Gasteiger partial charge is 0.403 e. The van der Waals surface area contributed by atoms with Crippen LogP contribution in [0.1, 0.15) is 11.1 Å². The standard InChI is InChI=1S/C19H14N2O6S/c1-26-28(24,25)19-20-17(23)16-13(10-15(22)27-18(16)21-19)9-12-7-4-6-11-5-2-3-8-14(11)12/h2-8,10H,9H2,1H3,(H,20,21,23). The minimum Gasteiger partial charge on any atom is -0.403 e. The lowest BCUT2D eigenvalue weighted by Crippen LogP contribution is -2.19. The van der Waals surface area contributed by atoms with Crippen molar-refractivity contribution in [3.63, 3.8) is 0 Å². The molecule has 0 aliphatic carbocycles. The molecule has 0 aliphatic heterocycles. The smallest absolute Gasteiger partial charge is 0.337 e. The van der Waals surface area contributed by atoms with E-state index in [0.29, 0.717) is 5.56 Å². The fourth-order valence-corrected chi connectivity index (χ4v) is 3.69. The Bertz CT molecular complexity index is 1430. The number of hydrogen-bond acceptors (Lipinski definition) is 7. The van der Waals surface area contributed by atoms with E-state index in [1.54, 1.807) is 0 Å². The number of fused-ring (bicyclic) bond motifs is 2. The van der Waals surface area contributed by atoms with Crippen LogP contribution in [0.4, 0.5) is 0 Å².